The minimum atomic E-state index is -0.797. The molecule has 0 saturated carbocycles. The molecule has 42 heavy (non-hydrogen) atoms. The van der Waals surface area contributed by atoms with Gasteiger partial charge in [-0.05, 0) is 42.8 Å². The van der Waals surface area contributed by atoms with Crippen molar-refractivity contribution < 1.29 is 9.13 Å². The second-order valence-corrected chi connectivity index (χ2v) is 10.2. The molecule has 1 atom stereocenters. The molecule has 0 aliphatic rings. The van der Waals surface area contributed by atoms with Gasteiger partial charge in [0.25, 0.3) is 5.56 Å². The topological polar surface area (TPSA) is 91.0 Å². The predicted molar refractivity (Wildman–Crippen MR) is 162 cm³/mol. The number of nitrogens with one attached hydrogen (secondary N) is 1. The predicted octanol–water partition coefficient (Wildman–Crippen LogP) is 6.12. The molecular formula is C32H25ClFN5O3. The van der Waals surface area contributed by atoms with Gasteiger partial charge in [-0.2, -0.15) is 0 Å². The second kappa shape index (κ2) is 11.1. The minimum Gasteiger partial charge on any atom is -0.497 e. The highest BCUT2D eigenvalue weighted by atomic mass is 35.5. The van der Waals surface area contributed by atoms with Gasteiger partial charge < -0.3 is 14.6 Å². The first-order valence-electron chi connectivity index (χ1n) is 13.2. The molecule has 210 valence electrons. The van der Waals surface area contributed by atoms with Crippen molar-refractivity contribution in [2.75, 3.05) is 12.4 Å². The van der Waals surface area contributed by atoms with Crippen molar-refractivity contribution in [1.29, 1.82) is 0 Å². The van der Waals surface area contributed by atoms with Crippen molar-refractivity contribution in [3.05, 3.63) is 134 Å². The fourth-order valence-corrected chi connectivity index (χ4v) is 5.42. The summed E-state index contributed by atoms with van der Waals surface area (Å²) in [5, 5.41) is 3.80. The number of rotatable bonds is 7. The first kappa shape index (κ1) is 27.2. The molecule has 1 N–H and O–H groups in total. The van der Waals surface area contributed by atoms with Crippen LogP contribution in [0.15, 0.2) is 101 Å². The van der Waals surface area contributed by atoms with E-state index >= 15 is 4.39 Å². The van der Waals surface area contributed by atoms with Crippen molar-refractivity contribution in [2.45, 2.75) is 19.5 Å². The van der Waals surface area contributed by atoms with E-state index in [1.54, 1.807) is 56.6 Å². The summed E-state index contributed by atoms with van der Waals surface area (Å²) in [5.74, 6) is 0.356. The number of pyridine rings is 2. The Bertz CT molecular complexity index is 2060. The fourth-order valence-electron chi connectivity index (χ4n) is 5.17. The number of para-hydroxylation sites is 1. The van der Waals surface area contributed by atoms with E-state index in [4.69, 9.17) is 16.3 Å². The molecule has 0 aliphatic heterocycles. The average molecular weight is 582 g/mol. The van der Waals surface area contributed by atoms with Crippen LogP contribution in [-0.4, -0.2) is 26.2 Å². The van der Waals surface area contributed by atoms with Crippen molar-refractivity contribution in [3.63, 3.8) is 0 Å². The van der Waals surface area contributed by atoms with E-state index in [0.717, 1.165) is 11.3 Å². The van der Waals surface area contributed by atoms with Crippen LogP contribution in [0.1, 0.15) is 24.2 Å². The maximum Gasteiger partial charge on any atom is 0.264 e. The number of anilines is 1. The van der Waals surface area contributed by atoms with Crippen LogP contribution in [0.2, 0.25) is 5.02 Å². The zero-order valence-electron chi connectivity index (χ0n) is 22.7. The third kappa shape index (κ3) is 4.77. The number of nitrogens with zero attached hydrogens (tertiary/aromatic N) is 4. The number of ether oxygens (including phenoxy) is 1. The Morgan fingerprint density at radius 1 is 0.952 bits per heavy atom. The molecule has 0 fully saturated rings. The lowest BCUT2D eigenvalue weighted by Crippen LogP contribution is -2.28. The minimum absolute atomic E-state index is 0.0715. The number of benzene rings is 3. The summed E-state index contributed by atoms with van der Waals surface area (Å²) in [6.07, 6.45) is 3.02. The first-order chi connectivity index (χ1) is 20.4. The molecule has 0 saturated heterocycles. The third-order valence-corrected chi connectivity index (χ3v) is 7.49. The lowest BCUT2D eigenvalue weighted by atomic mass is 10.1. The van der Waals surface area contributed by atoms with Gasteiger partial charge in [-0.3, -0.25) is 14.2 Å². The van der Waals surface area contributed by atoms with E-state index in [-0.39, 0.29) is 38.1 Å². The highest BCUT2D eigenvalue weighted by Gasteiger charge is 2.25. The van der Waals surface area contributed by atoms with E-state index in [2.05, 4.69) is 15.3 Å². The molecule has 3 aromatic carbocycles. The summed E-state index contributed by atoms with van der Waals surface area (Å²) in [6.45, 7) is 2.15. The van der Waals surface area contributed by atoms with Crippen LogP contribution in [0, 0.1) is 5.82 Å². The van der Waals surface area contributed by atoms with Gasteiger partial charge in [0.2, 0.25) is 0 Å². The highest BCUT2D eigenvalue weighted by Crippen LogP contribution is 2.31. The molecule has 0 radical (unpaired) electrons. The number of halogens is 2. The Kier molecular flexibility index (Phi) is 7.18. The van der Waals surface area contributed by atoms with Gasteiger partial charge in [0.05, 0.1) is 29.3 Å². The van der Waals surface area contributed by atoms with Crippen LogP contribution in [0.4, 0.5) is 10.2 Å². The zero-order chi connectivity index (χ0) is 29.4. The molecule has 3 heterocycles. The molecule has 6 aromatic rings. The SMILES string of the molecule is COc1ccc(Cn2ccc(=O)c3c(NC(C)c4c(F)c5cccc(Cl)c5c(=O)n4-c4ccccc4)ncnc32)cc1. The van der Waals surface area contributed by atoms with Crippen LogP contribution < -0.4 is 21.0 Å². The number of hydrogen-bond acceptors (Lipinski definition) is 6. The van der Waals surface area contributed by atoms with E-state index < -0.39 is 17.4 Å². The van der Waals surface area contributed by atoms with E-state index in [9.17, 15) is 9.59 Å². The smallest absolute Gasteiger partial charge is 0.264 e. The number of fused-ring (bicyclic) bond motifs is 2. The maximum atomic E-state index is 16.3. The fraction of sp³-hybridized carbons (Fsp3) is 0.125. The van der Waals surface area contributed by atoms with Crippen LogP contribution in [0.5, 0.6) is 5.75 Å². The zero-order valence-corrected chi connectivity index (χ0v) is 23.5. The monoisotopic (exact) mass is 581 g/mol. The number of hydrogen-bond donors (Lipinski definition) is 1. The third-order valence-electron chi connectivity index (χ3n) is 7.17. The van der Waals surface area contributed by atoms with Crippen molar-refractivity contribution in [2.24, 2.45) is 0 Å². The molecule has 6 rings (SSSR count). The van der Waals surface area contributed by atoms with Gasteiger partial charge in [0.15, 0.2) is 11.2 Å². The standard InChI is InChI=1S/C32H25ClFN5O3/c1-19(29-28(34)23-9-6-10-24(33)26(23)32(41)39(29)21-7-4-3-5-8-21)37-30-27-25(40)15-16-38(31(27)36-18-35-30)17-20-11-13-22(42-2)14-12-20/h3-16,18-19H,17H2,1-2H3,(H,35,36,37). The van der Waals surface area contributed by atoms with Crippen LogP contribution in [0.25, 0.3) is 27.5 Å². The molecule has 1 unspecified atom stereocenters. The lowest BCUT2D eigenvalue weighted by molar-refractivity contribution is 0.414. The van der Waals surface area contributed by atoms with Gasteiger partial charge >= 0.3 is 0 Å². The number of methoxy groups -OCH3 is 1. The largest absolute Gasteiger partial charge is 0.497 e. The second-order valence-electron chi connectivity index (χ2n) is 9.78. The van der Waals surface area contributed by atoms with E-state index in [1.165, 1.54) is 23.0 Å². The van der Waals surface area contributed by atoms with Crippen LogP contribution in [-0.2, 0) is 6.54 Å². The molecule has 0 bridgehead atoms. The Balaban J connectivity index is 1.48. The molecule has 0 spiro atoms. The van der Waals surface area contributed by atoms with Crippen molar-refractivity contribution >= 4 is 39.2 Å². The van der Waals surface area contributed by atoms with Gasteiger partial charge in [0, 0.05) is 29.9 Å². The summed E-state index contributed by atoms with van der Waals surface area (Å²) in [4.78, 5) is 35.7. The Morgan fingerprint density at radius 2 is 1.71 bits per heavy atom. The summed E-state index contributed by atoms with van der Waals surface area (Å²) in [7, 11) is 1.61. The molecule has 0 amide bonds. The maximum absolute atomic E-state index is 16.3. The van der Waals surface area contributed by atoms with Crippen molar-refractivity contribution in [1.82, 2.24) is 19.1 Å². The summed E-state index contributed by atoms with van der Waals surface area (Å²) < 4.78 is 24.7. The summed E-state index contributed by atoms with van der Waals surface area (Å²) in [6, 6.07) is 21.7. The van der Waals surface area contributed by atoms with Crippen LogP contribution in [0.3, 0.4) is 0 Å². The van der Waals surface area contributed by atoms with Gasteiger partial charge in [-0.1, -0.05) is 54.1 Å². The molecule has 10 heteroatoms. The molecule has 8 nitrogen and oxygen atoms in total. The summed E-state index contributed by atoms with van der Waals surface area (Å²) >= 11 is 6.37. The molecule has 3 aromatic heterocycles. The van der Waals surface area contributed by atoms with Gasteiger partial charge in [-0.25, -0.2) is 14.4 Å². The normalized spacial score (nSPS) is 12.0. The number of aromatic nitrogens is 4. The first-order valence-corrected chi connectivity index (χ1v) is 13.6. The van der Waals surface area contributed by atoms with Crippen LogP contribution >= 0.6 is 11.6 Å². The Morgan fingerprint density at radius 3 is 2.45 bits per heavy atom. The van der Waals surface area contributed by atoms with E-state index in [0.29, 0.717) is 17.9 Å². The summed E-state index contributed by atoms with van der Waals surface area (Å²) in [5.41, 5.74) is 1.18. The average Bonchev–Trinajstić information content (AvgIpc) is 3.01. The Hall–Kier alpha value is -5.02. The molecule has 0 aliphatic carbocycles. The lowest BCUT2D eigenvalue weighted by Gasteiger charge is -2.23. The highest BCUT2D eigenvalue weighted by molar-refractivity contribution is 6.35. The quantitative estimate of drug-likeness (QED) is 0.244. The van der Waals surface area contributed by atoms with Gasteiger partial charge in [0.1, 0.15) is 28.9 Å². The van der Waals surface area contributed by atoms with Crippen molar-refractivity contribution in [3.8, 4) is 11.4 Å². The van der Waals surface area contributed by atoms with Gasteiger partial charge in [-0.15, -0.1) is 0 Å². The Labute approximate surface area is 244 Å². The molecular weight excluding hydrogens is 557 g/mol. The van der Waals surface area contributed by atoms with E-state index in [1.807, 2.05) is 34.9 Å².